The second-order valence-corrected chi connectivity index (χ2v) is 9.46. The minimum absolute atomic E-state index is 0.152. The minimum Gasteiger partial charge on any atom is -0.297 e. The summed E-state index contributed by atoms with van der Waals surface area (Å²) in [5.41, 5.74) is -0.0386. The van der Waals surface area contributed by atoms with E-state index in [9.17, 15) is 22.0 Å². The van der Waals surface area contributed by atoms with Crippen LogP contribution in [0.5, 0.6) is 0 Å². The number of hydrogen-bond donors (Lipinski definition) is 0. The monoisotopic (exact) mass is 456 g/mol. The molecule has 2 aromatic carbocycles. The molecule has 3 aromatic rings. The van der Waals surface area contributed by atoms with Crippen molar-refractivity contribution in [1.82, 2.24) is 4.98 Å². The first-order valence-electron chi connectivity index (χ1n) is 8.32. The van der Waals surface area contributed by atoms with Crippen molar-refractivity contribution in [2.24, 2.45) is 0 Å². The van der Waals surface area contributed by atoms with E-state index < -0.39 is 33.4 Å². The maximum absolute atomic E-state index is 14.6. The summed E-state index contributed by atoms with van der Waals surface area (Å²) >= 11 is 6.83. The van der Waals surface area contributed by atoms with Crippen LogP contribution in [0.4, 0.5) is 14.5 Å². The van der Waals surface area contributed by atoms with Crippen molar-refractivity contribution in [3.8, 4) is 0 Å². The van der Waals surface area contributed by atoms with Crippen LogP contribution >= 0.6 is 22.9 Å². The molecule has 5 nitrogen and oxygen atoms in total. The van der Waals surface area contributed by atoms with E-state index in [4.69, 9.17) is 11.6 Å². The zero-order valence-electron chi connectivity index (χ0n) is 15.3. The molecule has 1 unspecified atom stereocenters. The number of sulfonamides is 1. The highest BCUT2D eigenvalue weighted by atomic mass is 35.5. The van der Waals surface area contributed by atoms with Gasteiger partial charge in [0.25, 0.3) is 10.0 Å². The summed E-state index contributed by atoms with van der Waals surface area (Å²) in [6, 6.07) is 6.87. The maximum Gasteiger partial charge on any atom is 0.265 e. The second-order valence-electron chi connectivity index (χ2n) is 6.15. The molecule has 0 spiro atoms. The van der Waals surface area contributed by atoms with Crippen molar-refractivity contribution < 1.29 is 22.0 Å². The Morgan fingerprint density at radius 2 is 1.83 bits per heavy atom. The minimum atomic E-state index is -4.32. The van der Waals surface area contributed by atoms with Crippen molar-refractivity contribution in [1.29, 1.82) is 0 Å². The molecule has 10 heteroatoms. The summed E-state index contributed by atoms with van der Waals surface area (Å²) in [5, 5.41) is 0.595. The first-order valence-corrected chi connectivity index (χ1v) is 11.0. The Balaban J connectivity index is 2.22. The van der Waals surface area contributed by atoms with E-state index in [0.717, 1.165) is 33.8 Å². The number of aldehydes is 1. The predicted molar refractivity (Wildman–Crippen MR) is 108 cm³/mol. The lowest BCUT2D eigenvalue weighted by Gasteiger charge is -2.29. The van der Waals surface area contributed by atoms with Crippen LogP contribution in [0.1, 0.15) is 33.3 Å². The quantitative estimate of drug-likeness (QED) is 0.481. The van der Waals surface area contributed by atoms with Crippen LogP contribution in [-0.4, -0.2) is 19.7 Å². The highest BCUT2D eigenvalue weighted by molar-refractivity contribution is 7.92. The smallest absolute Gasteiger partial charge is 0.265 e. The largest absolute Gasteiger partial charge is 0.297 e. The Kier molecular flexibility index (Phi) is 6.02. The molecule has 0 radical (unpaired) electrons. The Bertz CT molecular complexity index is 1160. The first kappa shape index (κ1) is 21.4. The molecule has 0 aliphatic heterocycles. The van der Waals surface area contributed by atoms with Gasteiger partial charge >= 0.3 is 0 Å². The van der Waals surface area contributed by atoms with Gasteiger partial charge < -0.3 is 0 Å². The first-order chi connectivity index (χ1) is 13.6. The lowest BCUT2D eigenvalue weighted by Crippen LogP contribution is -2.34. The third kappa shape index (κ3) is 4.17. The fourth-order valence-corrected chi connectivity index (χ4v) is 5.48. The number of benzene rings is 2. The number of rotatable bonds is 6. The molecular weight excluding hydrogens is 442 g/mol. The lowest BCUT2D eigenvalue weighted by molar-refractivity contribution is 0.112. The normalized spacial score (nSPS) is 12.6. The van der Waals surface area contributed by atoms with E-state index in [1.54, 1.807) is 6.92 Å². The molecule has 0 fully saturated rings. The van der Waals surface area contributed by atoms with Crippen LogP contribution < -0.4 is 4.31 Å². The number of nitrogens with zero attached hydrogens (tertiary/aromatic N) is 2. The number of thiazole rings is 1. The topological polar surface area (TPSA) is 67.3 Å². The Morgan fingerprint density at radius 3 is 2.41 bits per heavy atom. The number of aromatic nitrogens is 1. The van der Waals surface area contributed by atoms with Gasteiger partial charge in [-0.1, -0.05) is 11.6 Å². The van der Waals surface area contributed by atoms with Crippen molar-refractivity contribution in [2.75, 3.05) is 4.31 Å². The van der Waals surface area contributed by atoms with Crippen LogP contribution in [0.2, 0.25) is 5.02 Å². The Morgan fingerprint density at radius 1 is 1.17 bits per heavy atom. The maximum atomic E-state index is 14.6. The summed E-state index contributed by atoms with van der Waals surface area (Å²) in [7, 11) is -4.32. The molecule has 0 amide bonds. The number of hydrogen-bond acceptors (Lipinski definition) is 5. The molecular formula is C19H15ClF2N2O3S2. The van der Waals surface area contributed by atoms with Crippen LogP contribution in [0, 0.1) is 18.6 Å². The van der Waals surface area contributed by atoms with Gasteiger partial charge in [-0.25, -0.2) is 22.2 Å². The summed E-state index contributed by atoms with van der Waals surface area (Å²) in [5.74, 6) is -1.71. The summed E-state index contributed by atoms with van der Waals surface area (Å²) in [6.07, 6.45) is 0.615. The van der Waals surface area contributed by atoms with Gasteiger partial charge in [-0.2, -0.15) is 0 Å². The van der Waals surface area contributed by atoms with Gasteiger partial charge in [0.15, 0.2) is 6.29 Å². The summed E-state index contributed by atoms with van der Waals surface area (Å²) < 4.78 is 56.0. The van der Waals surface area contributed by atoms with Crippen LogP contribution in [0.15, 0.2) is 47.4 Å². The molecule has 0 saturated carbocycles. The van der Waals surface area contributed by atoms with Crippen LogP contribution in [0.25, 0.3) is 0 Å². The van der Waals surface area contributed by atoms with Crippen molar-refractivity contribution >= 4 is 44.9 Å². The SMILES string of the molecule is Cc1nc(C(C)N(c2cc(F)ccc2F)S(=O)(=O)c2ccc(Cl)cc2)sc1C=O. The average molecular weight is 457 g/mol. The van der Waals surface area contributed by atoms with Crippen molar-refractivity contribution in [3.05, 3.63) is 74.7 Å². The fourth-order valence-electron chi connectivity index (χ4n) is 2.74. The van der Waals surface area contributed by atoms with Gasteiger partial charge in [0.2, 0.25) is 0 Å². The van der Waals surface area contributed by atoms with E-state index in [1.165, 1.54) is 31.2 Å². The van der Waals surface area contributed by atoms with Gasteiger partial charge in [0, 0.05) is 11.1 Å². The molecule has 0 aliphatic rings. The van der Waals surface area contributed by atoms with E-state index >= 15 is 0 Å². The molecule has 1 heterocycles. The average Bonchev–Trinajstić information content (AvgIpc) is 3.05. The zero-order chi connectivity index (χ0) is 21.3. The molecule has 0 N–H and O–H groups in total. The molecule has 1 aromatic heterocycles. The molecule has 0 saturated heterocycles. The zero-order valence-corrected chi connectivity index (χ0v) is 17.7. The third-order valence-corrected chi connectivity index (χ3v) is 7.59. The van der Waals surface area contributed by atoms with Gasteiger partial charge in [-0.15, -0.1) is 11.3 Å². The molecule has 1 atom stereocenters. The van der Waals surface area contributed by atoms with Crippen LogP contribution in [-0.2, 0) is 10.0 Å². The predicted octanol–water partition coefficient (Wildman–Crippen LogP) is 5.15. The standard InChI is InChI=1S/C19H15ClF2N2O3S2/c1-11-18(10-25)28-19(23-11)12(2)24(17-9-14(21)5-8-16(17)22)29(26,27)15-6-3-13(20)4-7-15/h3-10,12H,1-2H3. The molecule has 152 valence electrons. The van der Waals surface area contributed by atoms with E-state index in [1.807, 2.05) is 0 Å². The third-order valence-electron chi connectivity index (χ3n) is 4.18. The van der Waals surface area contributed by atoms with E-state index in [2.05, 4.69) is 4.98 Å². The molecule has 0 bridgehead atoms. The molecule has 29 heavy (non-hydrogen) atoms. The molecule has 3 rings (SSSR count). The lowest BCUT2D eigenvalue weighted by atomic mass is 10.2. The van der Waals surface area contributed by atoms with E-state index in [-0.39, 0.29) is 9.90 Å². The number of halogens is 3. The molecule has 0 aliphatic carbocycles. The highest BCUT2D eigenvalue weighted by Crippen LogP contribution is 2.37. The van der Waals surface area contributed by atoms with Gasteiger partial charge in [0.05, 0.1) is 27.2 Å². The Hall–Kier alpha value is -2.36. The highest BCUT2D eigenvalue weighted by Gasteiger charge is 2.34. The van der Waals surface area contributed by atoms with Crippen molar-refractivity contribution in [3.63, 3.8) is 0 Å². The van der Waals surface area contributed by atoms with Crippen LogP contribution in [0.3, 0.4) is 0 Å². The number of carbonyl (C=O) groups is 1. The number of anilines is 1. The second kappa shape index (κ2) is 8.17. The summed E-state index contributed by atoms with van der Waals surface area (Å²) in [6.45, 7) is 3.10. The summed E-state index contributed by atoms with van der Waals surface area (Å²) in [4.78, 5) is 15.6. The number of carbonyl (C=O) groups excluding carboxylic acids is 1. The Labute approximate surface area is 175 Å². The van der Waals surface area contributed by atoms with Crippen molar-refractivity contribution in [2.45, 2.75) is 24.8 Å². The fraction of sp³-hybridized carbons (Fsp3) is 0.158. The van der Waals surface area contributed by atoms with Gasteiger partial charge in [0.1, 0.15) is 16.6 Å². The van der Waals surface area contributed by atoms with Gasteiger partial charge in [-0.3, -0.25) is 9.10 Å². The van der Waals surface area contributed by atoms with E-state index in [0.29, 0.717) is 21.9 Å². The number of aryl methyl sites for hydroxylation is 1. The van der Waals surface area contributed by atoms with Gasteiger partial charge in [-0.05, 0) is 50.2 Å².